The van der Waals surface area contributed by atoms with Gasteiger partial charge in [0.25, 0.3) is 0 Å². The zero-order valence-electron chi connectivity index (χ0n) is 13.7. The van der Waals surface area contributed by atoms with Crippen molar-refractivity contribution in [1.82, 2.24) is 0 Å². The van der Waals surface area contributed by atoms with E-state index in [2.05, 4.69) is 6.92 Å². The summed E-state index contributed by atoms with van der Waals surface area (Å²) in [5.41, 5.74) is 2.82. The number of benzene rings is 2. The molecular weight excluding hydrogens is 288 g/mol. The van der Waals surface area contributed by atoms with Gasteiger partial charge in [-0.1, -0.05) is 56.2 Å². The molecular formula is C20H22O3. The molecule has 0 atom stereocenters. The lowest BCUT2D eigenvalue weighted by Crippen LogP contribution is -2.00. The van der Waals surface area contributed by atoms with Crippen molar-refractivity contribution in [1.29, 1.82) is 0 Å². The Labute approximate surface area is 137 Å². The predicted octanol–water partition coefficient (Wildman–Crippen LogP) is 5.04. The second-order valence-corrected chi connectivity index (χ2v) is 5.58. The van der Waals surface area contributed by atoms with Crippen LogP contribution in [0.3, 0.4) is 0 Å². The Kier molecular flexibility index (Phi) is 6.10. The van der Waals surface area contributed by atoms with Crippen LogP contribution in [0, 0.1) is 0 Å². The smallest absolute Gasteiger partial charge is 0.308 e. The van der Waals surface area contributed by atoms with Crippen LogP contribution < -0.4 is 4.74 Å². The monoisotopic (exact) mass is 310 g/mol. The molecule has 2 aromatic carbocycles. The summed E-state index contributed by atoms with van der Waals surface area (Å²) in [5, 5.41) is 0. The highest BCUT2D eigenvalue weighted by molar-refractivity contribution is 5.96. The maximum Gasteiger partial charge on any atom is 0.308 e. The molecule has 0 aliphatic rings. The lowest BCUT2D eigenvalue weighted by Gasteiger charge is -2.06. The molecule has 120 valence electrons. The topological polar surface area (TPSA) is 43.4 Å². The van der Waals surface area contributed by atoms with Gasteiger partial charge in [0.2, 0.25) is 0 Å². The number of ether oxygens (including phenoxy) is 1. The number of unbranched alkanes of at least 4 members (excludes halogenated alkanes) is 2. The molecule has 2 rings (SSSR count). The highest BCUT2D eigenvalue weighted by atomic mass is 16.5. The highest BCUT2D eigenvalue weighted by Gasteiger charge is 2.06. The Hall–Kier alpha value is -2.42. The normalized spacial score (nSPS) is 10.3. The lowest BCUT2D eigenvalue weighted by atomic mass is 10.0. The first-order valence-corrected chi connectivity index (χ1v) is 8.02. The Balaban J connectivity index is 2.04. The maximum atomic E-state index is 12.1. The molecule has 0 aliphatic heterocycles. The van der Waals surface area contributed by atoms with Crippen LogP contribution in [0.15, 0.2) is 48.5 Å². The van der Waals surface area contributed by atoms with E-state index in [1.807, 2.05) is 36.4 Å². The summed E-state index contributed by atoms with van der Waals surface area (Å²) in [5.74, 6) is 0.405. The van der Waals surface area contributed by atoms with Crippen LogP contribution in [0.2, 0.25) is 0 Å². The molecule has 0 aromatic heterocycles. The molecule has 0 aliphatic carbocycles. The molecule has 23 heavy (non-hydrogen) atoms. The van der Waals surface area contributed by atoms with E-state index in [0.717, 1.165) is 36.0 Å². The summed E-state index contributed by atoms with van der Waals surface area (Å²) >= 11 is 0. The van der Waals surface area contributed by atoms with Gasteiger partial charge in [-0.2, -0.15) is 0 Å². The minimum absolute atomic E-state index is 0.204. The number of hydrogen-bond donors (Lipinski definition) is 0. The zero-order chi connectivity index (χ0) is 16.7. The van der Waals surface area contributed by atoms with Crippen LogP contribution in [-0.4, -0.2) is 11.8 Å². The first-order valence-electron chi connectivity index (χ1n) is 8.02. The zero-order valence-corrected chi connectivity index (χ0v) is 13.7. The number of carbonyl (C=O) groups is 2. The van der Waals surface area contributed by atoms with Gasteiger partial charge in [-0.3, -0.25) is 9.59 Å². The van der Waals surface area contributed by atoms with Crippen LogP contribution in [0.25, 0.3) is 11.1 Å². The van der Waals surface area contributed by atoms with Crippen molar-refractivity contribution in [3.63, 3.8) is 0 Å². The predicted molar refractivity (Wildman–Crippen MR) is 91.7 cm³/mol. The molecule has 3 heteroatoms. The Morgan fingerprint density at radius 2 is 1.43 bits per heavy atom. The third-order valence-electron chi connectivity index (χ3n) is 3.66. The Morgan fingerprint density at radius 3 is 1.96 bits per heavy atom. The average Bonchev–Trinajstić information content (AvgIpc) is 2.55. The van der Waals surface area contributed by atoms with E-state index in [4.69, 9.17) is 4.74 Å². The van der Waals surface area contributed by atoms with Crippen molar-refractivity contribution in [3.8, 4) is 16.9 Å². The van der Waals surface area contributed by atoms with E-state index in [-0.39, 0.29) is 11.8 Å². The molecule has 0 bridgehead atoms. The summed E-state index contributed by atoms with van der Waals surface area (Å²) in [6.07, 6.45) is 3.78. The summed E-state index contributed by atoms with van der Waals surface area (Å²) in [6.45, 7) is 3.51. The van der Waals surface area contributed by atoms with Crippen LogP contribution in [0.4, 0.5) is 0 Å². The van der Waals surface area contributed by atoms with Crippen LogP contribution in [0.5, 0.6) is 5.75 Å². The van der Waals surface area contributed by atoms with Crippen molar-refractivity contribution in [2.24, 2.45) is 0 Å². The fourth-order valence-corrected chi connectivity index (χ4v) is 2.41. The van der Waals surface area contributed by atoms with Crippen LogP contribution >= 0.6 is 0 Å². The summed E-state index contributed by atoms with van der Waals surface area (Å²) in [6, 6.07) is 15.0. The van der Waals surface area contributed by atoms with Crippen molar-refractivity contribution in [3.05, 3.63) is 54.1 Å². The van der Waals surface area contributed by atoms with Crippen molar-refractivity contribution in [2.45, 2.75) is 39.5 Å². The Morgan fingerprint density at radius 1 is 0.870 bits per heavy atom. The van der Waals surface area contributed by atoms with Gasteiger partial charge >= 0.3 is 5.97 Å². The van der Waals surface area contributed by atoms with E-state index < -0.39 is 0 Å². The number of esters is 1. The molecule has 0 radical (unpaired) electrons. The lowest BCUT2D eigenvalue weighted by molar-refractivity contribution is -0.131. The van der Waals surface area contributed by atoms with Gasteiger partial charge in [0.1, 0.15) is 5.75 Å². The molecule has 0 fully saturated rings. The molecule has 0 saturated carbocycles. The third-order valence-corrected chi connectivity index (χ3v) is 3.66. The Bertz CT molecular complexity index is 654. The van der Waals surface area contributed by atoms with Gasteiger partial charge in [0.05, 0.1) is 0 Å². The molecule has 0 spiro atoms. The summed E-state index contributed by atoms with van der Waals surface area (Å²) in [7, 11) is 0. The molecule has 0 heterocycles. The van der Waals surface area contributed by atoms with Crippen LogP contribution in [0.1, 0.15) is 49.9 Å². The first-order chi connectivity index (χ1) is 11.1. The van der Waals surface area contributed by atoms with E-state index >= 15 is 0 Å². The molecule has 0 N–H and O–H groups in total. The van der Waals surface area contributed by atoms with Gasteiger partial charge in [0.15, 0.2) is 5.78 Å². The molecule has 0 unspecified atom stereocenters. The summed E-state index contributed by atoms with van der Waals surface area (Å²) in [4.78, 5) is 23.0. The number of rotatable bonds is 7. The number of hydrogen-bond acceptors (Lipinski definition) is 3. The van der Waals surface area contributed by atoms with E-state index in [9.17, 15) is 9.59 Å². The number of carbonyl (C=O) groups excluding carboxylic acids is 2. The standard InChI is InChI=1S/C20H22O3/c1-3-4-5-6-20(22)18-9-7-16(8-10-18)17-11-13-19(14-12-17)23-15(2)21/h7-14H,3-6H2,1-2H3. The minimum atomic E-state index is -0.330. The molecule has 0 amide bonds. The second-order valence-electron chi connectivity index (χ2n) is 5.58. The molecule has 0 saturated heterocycles. The highest BCUT2D eigenvalue weighted by Crippen LogP contribution is 2.23. The SMILES string of the molecule is CCCCCC(=O)c1ccc(-c2ccc(OC(C)=O)cc2)cc1. The number of Topliss-reactive ketones (excluding diaryl/α,β-unsaturated/α-hetero) is 1. The van der Waals surface area contributed by atoms with Gasteiger partial charge in [-0.15, -0.1) is 0 Å². The van der Waals surface area contributed by atoms with E-state index in [0.29, 0.717) is 12.2 Å². The fraction of sp³-hybridized carbons (Fsp3) is 0.300. The van der Waals surface area contributed by atoms with E-state index in [1.165, 1.54) is 6.92 Å². The first kappa shape index (κ1) is 16.9. The quantitative estimate of drug-likeness (QED) is 0.311. The number of ketones is 1. The minimum Gasteiger partial charge on any atom is -0.427 e. The van der Waals surface area contributed by atoms with E-state index in [1.54, 1.807) is 12.1 Å². The van der Waals surface area contributed by atoms with Gasteiger partial charge in [-0.05, 0) is 29.7 Å². The average molecular weight is 310 g/mol. The van der Waals surface area contributed by atoms with Crippen molar-refractivity contribution < 1.29 is 14.3 Å². The second kappa shape index (κ2) is 8.28. The molecule has 3 nitrogen and oxygen atoms in total. The largest absolute Gasteiger partial charge is 0.427 e. The maximum absolute atomic E-state index is 12.1. The van der Waals surface area contributed by atoms with Gasteiger partial charge in [-0.25, -0.2) is 0 Å². The third kappa shape index (κ3) is 5.06. The van der Waals surface area contributed by atoms with Crippen molar-refractivity contribution in [2.75, 3.05) is 0 Å². The molecule has 2 aromatic rings. The van der Waals surface area contributed by atoms with Gasteiger partial charge < -0.3 is 4.74 Å². The van der Waals surface area contributed by atoms with Crippen molar-refractivity contribution >= 4 is 11.8 Å². The fourth-order valence-electron chi connectivity index (χ4n) is 2.41. The van der Waals surface area contributed by atoms with Gasteiger partial charge in [0, 0.05) is 18.9 Å². The van der Waals surface area contributed by atoms with Crippen LogP contribution in [-0.2, 0) is 4.79 Å². The summed E-state index contributed by atoms with van der Waals surface area (Å²) < 4.78 is 5.02.